The van der Waals surface area contributed by atoms with E-state index in [0.717, 1.165) is 18.0 Å². The molecule has 1 aromatic rings. The van der Waals surface area contributed by atoms with E-state index >= 15 is 0 Å². The van der Waals surface area contributed by atoms with E-state index in [-0.39, 0.29) is 0 Å². The van der Waals surface area contributed by atoms with Gasteiger partial charge in [-0.15, -0.1) is 0 Å². The van der Waals surface area contributed by atoms with Crippen LogP contribution in [0.4, 0.5) is 0 Å². The van der Waals surface area contributed by atoms with Gasteiger partial charge in [-0.1, -0.05) is 24.6 Å². The van der Waals surface area contributed by atoms with Crippen LogP contribution in [0.25, 0.3) is 0 Å². The van der Waals surface area contributed by atoms with E-state index in [1.165, 1.54) is 73.2 Å². The Bertz CT molecular complexity index is 518. The third-order valence-corrected chi connectivity index (χ3v) is 7.22. The molecule has 24 heavy (non-hydrogen) atoms. The second-order valence-corrected chi connectivity index (χ2v) is 9.25. The van der Waals surface area contributed by atoms with Crippen LogP contribution in [0.5, 0.6) is 0 Å². The summed E-state index contributed by atoms with van der Waals surface area (Å²) in [7, 11) is 0. The zero-order valence-corrected chi connectivity index (χ0v) is 16.7. The topological polar surface area (TPSA) is 15.3 Å². The maximum Gasteiger partial charge on any atom is 0.0288 e. The van der Waals surface area contributed by atoms with Crippen molar-refractivity contribution in [2.24, 2.45) is 5.92 Å². The Morgan fingerprint density at radius 3 is 2.00 bits per heavy atom. The standard InChI is InChI=1S/C21H34N2S/c1-15-5-7-19(8-6-15)22-20-9-11-23(12-10-20)24-21-17(3)13-16(2)14-18(21)4/h13-15,19-20,22H,5-12H2,1-4H3. The molecular weight excluding hydrogens is 312 g/mol. The SMILES string of the molecule is Cc1cc(C)c(SN2CCC(NC3CCC(C)CC3)CC2)c(C)c1. The highest BCUT2D eigenvalue weighted by atomic mass is 32.2. The van der Waals surface area contributed by atoms with Crippen molar-refractivity contribution < 1.29 is 0 Å². The Hall–Kier alpha value is -0.510. The Labute approximate surface area is 152 Å². The molecule has 3 rings (SSSR count). The van der Waals surface area contributed by atoms with E-state index < -0.39 is 0 Å². The van der Waals surface area contributed by atoms with Gasteiger partial charge in [0.05, 0.1) is 0 Å². The van der Waals surface area contributed by atoms with Crippen LogP contribution in [0.1, 0.15) is 62.1 Å². The maximum atomic E-state index is 3.96. The van der Waals surface area contributed by atoms with Crippen molar-refractivity contribution in [1.29, 1.82) is 0 Å². The third-order valence-electron chi connectivity index (χ3n) is 5.77. The van der Waals surface area contributed by atoms with Crippen molar-refractivity contribution in [1.82, 2.24) is 9.62 Å². The minimum Gasteiger partial charge on any atom is -0.311 e. The van der Waals surface area contributed by atoms with Gasteiger partial charge in [-0.3, -0.25) is 0 Å². The molecule has 0 amide bonds. The van der Waals surface area contributed by atoms with Crippen molar-refractivity contribution in [3.8, 4) is 0 Å². The lowest BCUT2D eigenvalue weighted by atomic mass is 9.86. The first-order valence-electron chi connectivity index (χ1n) is 9.78. The van der Waals surface area contributed by atoms with Gasteiger partial charge in [-0.05, 0) is 88.3 Å². The molecule has 1 aliphatic carbocycles. The fourth-order valence-electron chi connectivity index (χ4n) is 4.31. The zero-order valence-electron chi connectivity index (χ0n) is 15.9. The Kier molecular flexibility index (Phi) is 6.28. The van der Waals surface area contributed by atoms with Crippen molar-refractivity contribution in [2.45, 2.75) is 83.2 Å². The summed E-state index contributed by atoms with van der Waals surface area (Å²) < 4.78 is 2.58. The molecule has 0 radical (unpaired) electrons. The summed E-state index contributed by atoms with van der Waals surface area (Å²) >= 11 is 1.98. The van der Waals surface area contributed by atoms with Gasteiger partial charge in [0.25, 0.3) is 0 Å². The molecule has 1 N–H and O–H groups in total. The van der Waals surface area contributed by atoms with Crippen molar-refractivity contribution in [3.05, 3.63) is 28.8 Å². The number of hydrogen-bond acceptors (Lipinski definition) is 3. The molecule has 1 aliphatic heterocycles. The van der Waals surface area contributed by atoms with Crippen LogP contribution in [-0.2, 0) is 0 Å². The number of aryl methyl sites for hydroxylation is 3. The number of rotatable bonds is 4. The highest BCUT2D eigenvalue weighted by Gasteiger charge is 2.25. The van der Waals surface area contributed by atoms with Gasteiger partial charge in [-0.25, -0.2) is 4.31 Å². The lowest BCUT2D eigenvalue weighted by Gasteiger charge is -2.36. The zero-order chi connectivity index (χ0) is 17.1. The highest BCUT2D eigenvalue weighted by Crippen LogP contribution is 2.32. The Morgan fingerprint density at radius 1 is 0.875 bits per heavy atom. The number of hydrogen-bond donors (Lipinski definition) is 1. The van der Waals surface area contributed by atoms with E-state index in [4.69, 9.17) is 0 Å². The quantitative estimate of drug-likeness (QED) is 0.749. The molecule has 0 aromatic heterocycles. The van der Waals surface area contributed by atoms with Gasteiger partial charge in [0.2, 0.25) is 0 Å². The molecular formula is C21H34N2S. The molecule has 134 valence electrons. The smallest absolute Gasteiger partial charge is 0.0288 e. The average molecular weight is 347 g/mol. The minimum atomic E-state index is 0.737. The molecule has 2 nitrogen and oxygen atoms in total. The van der Waals surface area contributed by atoms with E-state index in [9.17, 15) is 0 Å². The second-order valence-electron chi connectivity index (χ2n) is 8.15. The fraction of sp³-hybridized carbons (Fsp3) is 0.714. The lowest BCUT2D eigenvalue weighted by Crippen LogP contribution is -2.45. The maximum absolute atomic E-state index is 3.96. The van der Waals surface area contributed by atoms with Crippen LogP contribution < -0.4 is 5.32 Å². The molecule has 0 unspecified atom stereocenters. The summed E-state index contributed by atoms with van der Waals surface area (Å²) in [5.74, 6) is 0.947. The Balaban J connectivity index is 1.47. The minimum absolute atomic E-state index is 0.737. The molecule has 0 spiro atoms. The van der Waals surface area contributed by atoms with Gasteiger partial charge in [-0.2, -0.15) is 0 Å². The normalized spacial score (nSPS) is 26.7. The molecule has 0 atom stereocenters. The predicted octanol–water partition coefficient (Wildman–Crippen LogP) is 5.25. The first kappa shape index (κ1) is 18.3. The summed E-state index contributed by atoms with van der Waals surface area (Å²) in [4.78, 5) is 1.47. The monoisotopic (exact) mass is 346 g/mol. The summed E-state index contributed by atoms with van der Waals surface area (Å²) in [6.45, 7) is 11.5. The van der Waals surface area contributed by atoms with Crippen molar-refractivity contribution in [3.63, 3.8) is 0 Å². The number of piperidine rings is 1. The van der Waals surface area contributed by atoms with Crippen LogP contribution in [0.2, 0.25) is 0 Å². The van der Waals surface area contributed by atoms with E-state index in [2.05, 4.69) is 49.4 Å². The van der Waals surface area contributed by atoms with Gasteiger partial charge in [0.15, 0.2) is 0 Å². The molecule has 2 fully saturated rings. The number of nitrogens with one attached hydrogen (secondary N) is 1. The van der Waals surface area contributed by atoms with Crippen molar-refractivity contribution >= 4 is 11.9 Å². The summed E-state index contributed by atoms with van der Waals surface area (Å²) in [6.07, 6.45) is 8.19. The van der Waals surface area contributed by atoms with Gasteiger partial charge in [0, 0.05) is 30.1 Å². The molecule has 1 heterocycles. The highest BCUT2D eigenvalue weighted by molar-refractivity contribution is 7.97. The van der Waals surface area contributed by atoms with E-state index in [1.54, 1.807) is 0 Å². The van der Waals surface area contributed by atoms with Crippen molar-refractivity contribution in [2.75, 3.05) is 13.1 Å². The van der Waals surface area contributed by atoms with E-state index in [0.29, 0.717) is 0 Å². The van der Waals surface area contributed by atoms with Crippen LogP contribution in [0, 0.1) is 26.7 Å². The van der Waals surface area contributed by atoms with Gasteiger partial charge in [0.1, 0.15) is 0 Å². The largest absolute Gasteiger partial charge is 0.311 e. The van der Waals surface area contributed by atoms with E-state index in [1.807, 2.05) is 11.9 Å². The number of nitrogens with zero attached hydrogens (tertiary/aromatic N) is 1. The van der Waals surface area contributed by atoms with Gasteiger partial charge >= 0.3 is 0 Å². The first-order chi connectivity index (χ1) is 11.5. The average Bonchev–Trinajstić information content (AvgIpc) is 2.54. The molecule has 3 heteroatoms. The van der Waals surface area contributed by atoms with Crippen LogP contribution >= 0.6 is 11.9 Å². The molecule has 1 aromatic carbocycles. The Morgan fingerprint density at radius 2 is 1.42 bits per heavy atom. The molecule has 1 saturated heterocycles. The van der Waals surface area contributed by atoms with Gasteiger partial charge < -0.3 is 5.32 Å². The van der Waals surface area contributed by atoms with Crippen LogP contribution in [-0.4, -0.2) is 29.5 Å². The van der Waals surface area contributed by atoms with Crippen LogP contribution in [0.3, 0.4) is 0 Å². The fourth-order valence-corrected chi connectivity index (χ4v) is 5.37. The molecule has 2 aliphatic rings. The second kappa shape index (κ2) is 8.25. The lowest BCUT2D eigenvalue weighted by molar-refractivity contribution is 0.242. The predicted molar refractivity (Wildman–Crippen MR) is 106 cm³/mol. The first-order valence-corrected chi connectivity index (χ1v) is 10.6. The molecule has 0 bridgehead atoms. The van der Waals surface area contributed by atoms with Crippen LogP contribution in [0.15, 0.2) is 17.0 Å². The molecule has 1 saturated carbocycles. The summed E-state index contributed by atoms with van der Waals surface area (Å²) in [5, 5.41) is 3.96. The third kappa shape index (κ3) is 4.77. The summed E-state index contributed by atoms with van der Waals surface area (Å²) in [5.41, 5.74) is 4.22. The summed E-state index contributed by atoms with van der Waals surface area (Å²) in [6, 6.07) is 6.15. The number of benzene rings is 1.